The first-order valence-corrected chi connectivity index (χ1v) is 27.6. The van der Waals surface area contributed by atoms with Gasteiger partial charge in [0.2, 0.25) is 17.7 Å². The molecule has 2 aromatic carbocycles. The highest BCUT2D eigenvalue weighted by atomic mass is 35.5. The van der Waals surface area contributed by atoms with E-state index in [1.807, 2.05) is 64.1 Å². The molecule has 1 unspecified atom stereocenters. The summed E-state index contributed by atoms with van der Waals surface area (Å²) in [6.45, 7) is 23.8. The molecule has 4 atom stereocenters. The van der Waals surface area contributed by atoms with Crippen LogP contribution in [0.5, 0.6) is 5.75 Å². The fraction of sp³-hybridized carbons (Fsp3) is 0.554. The van der Waals surface area contributed by atoms with Crippen molar-refractivity contribution in [1.82, 2.24) is 45.5 Å². The van der Waals surface area contributed by atoms with E-state index in [9.17, 15) is 34.7 Å². The van der Waals surface area contributed by atoms with E-state index >= 15 is 0 Å². The van der Waals surface area contributed by atoms with Crippen LogP contribution in [0.1, 0.15) is 88.1 Å². The lowest BCUT2D eigenvalue weighted by Crippen LogP contribution is -2.74. The molecule has 18 nitrogen and oxygen atoms in total. The third kappa shape index (κ3) is 12.7. The highest BCUT2D eigenvalue weighted by molar-refractivity contribution is 7.13. The number of rotatable bonds is 17. The number of thiazole rings is 1. The number of likely N-dealkylation sites (tertiary alicyclic amines) is 1. The lowest BCUT2D eigenvalue weighted by atomic mass is 9.49. The van der Waals surface area contributed by atoms with Crippen molar-refractivity contribution in [2.45, 2.75) is 98.2 Å². The van der Waals surface area contributed by atoms with Crippen LogP contribution in [0.15, 0.2) is 66.3 Å². The number of ether oxygens (including phenoxy) is 1. The Morgan fingerprint density at radius 3 is 2.11 bits per heavy atom. The average Bonchev–Trinajstić information content (AvgIpc) is 4.09. The van der Waals surface area contributed by atoms with Crippen LogP contribution >= 0.6 is 22.9 Å². The quantitative estimate of drug-likeness (QED) is 0.0966. The first-order chi connectivity index (χ1) is 36.1. The molecule has 0 radical (unpaired) electrons. The van der Waals surface area contributed by atoms with Gasteiger partial charge in [-0.25, -0.2) is 9.97 Å². The molecule has 3 saturated heterocycles. The standard InChI is InChI=1S/C56H74ClN11O7S/c1-35-47(76-34-60-35)37-11-9-36(10-12-37)43(33-69)61-50(73)44-27-40(70)31-68(44)51(74)48(54(2,3)4)62-46(71)32-66-21-19-64(20-22-66)17-18-65-23-25-67(26-24-65)45-16-14-39(30-59-45)49(72)63-52-55(5,6)53(56(52,7)8)75-41-15-13-38(29-58)42(57)28-41/h9-16,28,30,34,40,43-44,48,52-53,69-70H,17-27,31-33H2,1-8H3,(H,61,73)(H,62,71)(H,63,72)/t40-,43+,44+,48?,52?,53?/m1/s1. The Bertz CT molecular complexity index is 2730. The van der Waals surface area contributed by atoms with Gasteiger partial charge < -0.3 is 40.7 Å². The van der Waals surface area contributed by atoms with Crippen molar-refractivity contribution in [3.05, 3.63) is 93.7 Å². The van der Waals surface area contributed by atoms with E-state index in [1.54, 1.807) is 29.9 Å². The van der Waals surface area contributed by atoms with Crippen molar-refractivity contribution in [3.63, 3.8) is 0 Å². The molecule has 5 heterocycles. The van der Waals surface area contributed by atoms with Crippen LogP contribution in [-0.2, 0) is 14.4 Å². The molecule has 1 saturated carbocycles. The number of benzene rings is 2. The number of nitrogens with one attached hydrogen (secondary N) is 3. The summed E-state index contributed by atoms with van der Waals surface area (Å²) in [7, 11) is 0. The van der Waals surface area contributed by atoms with Gasteiger partial charge in [-0.3, -0.25) is 33.9 Å². The maximum atomic E-state index is 14.3. The van der Waals surface area contributed by atoms with E-state index in [0.717, 1.165) is 74.3 Å². The number of hydrogen-bond donors (Lipinski definition) is 5. The van der Waals surface area contributed by atoms with Gasteiger partial charge in [0, 0.05) is 108 Å². The van der Waals surface area contributed by atoms with Crippen molar-refractivity contribution in [3.8, 4) is 22.3 Å². The van der Waals surface area contributed by atoms with Crippen molar-refractivity contribution >= 4 is 52.4 Å². The Hall–Kier alpha value is -5.72. The van der Waals surface area contributed by atoms with E-state index in [1.165, 1.54) is 16.2 Å². The van der Waals surface area contributed by atoms with Crippen molar-refractivity contribution in [2.24, 2.45) is 16.2 Å². The molecule has 4 fully saturated rings. The SMILES string of the molecule is Cc1ncsc1-c1ccc([C@H](CO)NC(=O)[C@@H]2C[C@@H](O)CN2C(=O)C(NC(=O)CN2CCN(CCN3CCN(c4ccc(C(=O)NC5C(C)(C)C(Oc6ccc(C#N)c(Cl)c6)C5(C)C)cn4)CC3)CC2)C(C)(C)C)cc1. The molecule has 0 bridgehead atoms. The maximum absolute atomic E-state index is 14.3. The Labute approximate surface area is 455 Å². The molecule has 2 aromatic heterocycles. The minimum absolute atomic E-state index is 0.0408. The van der Waals surface area contributed by atoms with Crippen LogP contribution in [-0.4, -0.2) is 179 Å². The summed E-state index contributed by atoms with van der Waals surface area (Å²) in [5, 5.41) is 39.8. The number of nitriles is 1. The van der Waals surface area contributed by atoms with E-state index in [-0.39, 0.29) is 60.9 Å². The number of anilines is 1. The normalized spacial score (nSPS) is 22.7. The molecular weight excluding hydrogens is 1010 g/mol. The minimum Gasteiger partial charge on any atom is -0.489 e. The molecule has 408 valence electrons. The Balaban J connectivity index is 0.748. The van der Waals surface area contributed by atoms with Crippen molar-refractivity contribution in [1.29, 1.82) is 5.26 Å². The largest absolute Gasteiger partial charge is 0.489 e. The van der Waals surface area contributed by atoms with Gasteiger partial charge in [0.05, 0.1) is 57.5 Å². The van der Waals surface area contributed by atoms with Gasteiger partial charge in [0.15, 0.2) is 0 Å². The molecule has 8 rings (SSSR count). The number of aliphatic hydroxyl groups excluding tert-OH is 2. The molecule has 20 heteroatoms. The second-order valence-electron chi connectivity index (χ2n) is 23.0. The maximum Gasteiger partial charge on any atom is 0.253 e. The van der Waals surface area contributed by atoms with Gasteiger partial charge >= 0.3 is 0 Å². The highest BCUT2D eigenvalue weighted by Gasteiger charge is 2.64. The molecule has 5 N–H and O–H groups in total. The number of halogens is 1. The number of nitrogens with zero attached hydrogens (tertiary/aromatic N) is 8. The number of pyridine rings is 1. The Morgan fingerprint density at radius 1 is 0.895 bits per heavy atom. The zero-order valence-electron chi connectivity index (χ0n) is 45.0. The third-order valence-corrected chi connectivity index (χ3v) is 17.1. The Kier molecular flexibility index (Phi) is 17.5. The summed E-state index contributed by atoms with van der Waals surface area (Å²) in [5.74, 6) is 0.0377. The average molecular weight is 1080 g/mol. The number of aromatic nitrogens is 2. The van der Waals surface area contributed by atoms with Crippen molar-refractivity contribution < 1.29 is 34.1 Å². The monoisotopic (exact) mass is 1080 g/mol. The summed E-state index contributed by atoms with van der Waals surface area (Å²) < 4.78 is 6.39. The summed E-state index contributed by atoms with van der Waals surface area (Å²) in [6.07, 6.45) is 0.562. The molecular formula is C56H74ClN11O7S. The van der Waals surface area contributed by atoms with Gasteiger partial charge in [-0.1, -0.05) is 84.3 Å². The second-order valence-corrected chi connectivity index (χ2v) is 24.3. The Morgan fingerprint density at radius 2 is 1.54 bits per heavy atom. The minimum atomic E-state index is -0.980. The molecule has 76 heavy (non-hydrogen) atoms. The lowest BCUT2D eigenvalue weighted by Gasteiger charge is -2.63. The van der Waals surface area contributed by atoms with E-state index < -0.39 is 41.5 Å². The first kappa shape index (κ1) is 56.5. The number of amides is 4. The number of β-amino-alcohol motifs (C(OH)–C–C–N with tert-alkyl or cyclic N) is 1. The van der Waals surface area contributed by atoms with Gasteiger partial charge in [-0.05, 0) is 47.7 Å². The van der Waals surface area contributed by atoms with Crippen LogP contribution < -0.4 is 25.6 Å². The number of aliphatic hydroxyl groups is 2. The zero-order valence-corrected chi connectivity index (χ0v) is 46.6. The van der Waals surface area contributed by atoms with E-state index in [2.05, 4.69) is 74.3 Å². The van der Waals surface area contributed by atoms with Crippen LogP contribution in [0.2, 0.25) is 5.02 Å². The van der Waals surface area contributed by atoms with E-state index in [4.69, 9.17) is 21.3 Å². The molecule has 4 amide bonds. The topological polar surface area (TPSA) is 220 Å². The predicted octanol–water partition coefficient (Wildman–Crippen LogP) is 4.73. The summed E-state index contributed by atoms with van der Waals surface area (Å²) in [4.78, 5) is 76.0. The first-order valence-electron chi connectivity index (χ1n) is 26.3. The lowest BCUT2D eigenvalue weighted by molar-refractivity contribution is -0.164. The number of hydrogen-bond acceptors (Lipinski definition) is 15. The van der Waals surface area contributed by atoms with Crippen LogP contribution in [0.4, 0.5) is 5.82 Å². The number of carbonyl (C=O) groups is 4. The van der Waals surface area contributed by atoms with Crippen LogP contribution in [0.3, 0.4) is 0 Å². The molecule has 4 aromatic rings. The molecule has 0 spiro atoms. The summed E-state index contributed by atoms with van der Waals surface area (Å²) in [6, 6.07) is 15.6. The fourth-order valence-corrected chi connectivity index (χ4v) is 12.7. The number of piperazine rings is 2. The van der Waals surface area contributed by atoms with Gasteiger partial charge in [-0.2, -0.15) is 5.26 Å². The molecule has 3 aliphatic heterocycles. The third-order valence-electron chi connectivity index (χ3n) is 15.8. The molecule has 1 aliphatic carbocycles. The fourth-order valence-electron chi connectivity index (χ4n) is 11.7. The van der Waals surface area contributed by atoms with Crippen LogP contribution in [0, 0.1) is 34.5 Å². The van der Waals surface area contributed by atoms with E-state index in [0.29, 0.717) is 40.6 Å². The zero-order chi connectivity index (χ0) is 54.7. The summed E-state index contributed by atoms with van der Waals surface area (Å²) in [5.41, 5.74) is 3.82. The van der Waals surface area contributed by atoms with Gasteiger partial charge in [0.1, 0.15) is 35.8 Å². The molecule has 4 aliphatic rings. The van der Waals surface area contributed by atoms with Crippen molar-refractivity contribution in [2.75, 3.05) is 90.0 Å². The number of carbonyl (C=O) groups excluding carboxylic acids is 4. The predicted molar refractivity (Wildman–Crippen MR) is 293 cm³/mol. The van der Waals surface area contributed by atoms with Gasteiger partial charge in [-0.15, -0.1) is 11.3 Å². The second kappa shape index (κ2) is 23.5. The van der Waals surface area contributed by atoms with Crippen LogP contribution in [0.25, 0.3) is 10.4 Å². The smallest absolute Gasteiger partial charge is 0.253 e. The highest BCUT2D eigenvalue weighted by Crippen LogP contribution is 2.55. The summed E-state index contributed by atoms with van der Waals surface area (Å²) >= 11 is 7.81. The number of aryl methyl sites for hydroxylation is 1. The van der Waals surface area contributed by atoms with Gasteiger partial charge in [0.25, 0.3) is 5.91 Å².